The van der Waals surface area contributed by atoms with Crippen LogP contribution in [0.5, 0.6) is 0 Å². The SMILES string of the molecule is CC(C)c1ccc([C@@H](NC(=O)[C@@H]2C[C@@H](F)CN2C(=O)Cc2ncco2)c2ccccc2)nc1. The first kappa shape index (κ1) is 22.6. The molecule has 1 aliphatic heterocycles. The van der Waals surface area contributed by atoms with Crippen LogP contribution in [0.4, 0.5) is 4.39 Å². The van der Waals surface area contributed by atoms with Crippen LogP contribution in [0.25, 0.3) is 0 Å². The van der Waals surface area contributed by atoms with E-state index in [4.69, 9.17) is 4.42 Å². The predicted octanol–water partition coefficient (Wildman–Crippen LogP) is 3.58. The van der Waals surface area contributed by atoms with Gasteiger partial charge in [0.1, 0.15) is 24.9 Å². The van der Waals surface area contributed by atoms with Gasteiger partial charge in [0, 0.05) is 12.6 Å². The fourth-order valence-corrected chi connectivity index (χ4v) is 4.02. The molecule has 0 bridgehead atoms. The number of alkyl halides is 1. The van der Waals surface area contributed by atoms with Crippen molar-refractivity contribution in [3.63, 3.8) is 0 Å². The van der Waals surface area contributed by atoms with Gasteiger partial charge in [-0.05, 0) is 23.1 Å². The maximum atomic E-state index is 14.3. The topological polar surface area (TPSA) is 88.3 Å². The van der Waals surface area contributed by atoms with Crippen molar-refractivity contribution in [2.24, 2.45) is 0 Å². The molecule has 3 atom stereocenters. The zero-order valence-corrected chi connectivity index (χ0v) is 18.6. The number of halogens is 1. The Morgan fingerprint density at radius 3 is 2.58 bits per heavy atom. The Bertz CT molecular complexity index is 1070. The Kier molecular flexibility index (Phi) is 6.82. The number of aromatic nitrogens is 2. The third-order valence-electron chi connectivity index (χ3n) is 5.85. The van der Waals surface area contributed by atoms with Crippen LogP contribution < -0.4 is 5.32 Å². The quantitative estimate of drug-likeness (QED) is 0.594. The molecule has 2 aromatic heterocycles. The molecule has 0 unspecified atom stereocenters. The number of oxazole rings is 1. The van der Waals surface area contributed by atoms with Crippen LogP contribution in [0.2, 0.25) is 0 Å². The summed E-state index contributed by atoms with van der Waals surface area (Å²) in [5, 5.41) is 3.00. The van der Waals surface area contributed by atoms with Crippen molar-refractivity contribution in [1.29, 1.82) is 0 Å². The first-order chi connectivity index (χ1) is 15.9. The minimum atomic E-state index is -1.27. The number of benzene rings is 1. The van der Waals surface area contributed by atoms with Crippen molar-refractivity contribution >= 4 is 11.8 Å². The molecule has 2 amide bonds. The Balaban J connectivity index is 1.56. The molecule has 0 aliphatic carbocycles. The van der Waals surface area contributed by atoms with E-state index in [0.29, 0.717) is 11.6 Å². The van der Waals surface area contributed by atoms with E-state index < -0.39 is 30.1 Å². The lowest BCUT2D eigenvalue weighted by Crippen LogP contribution is -2.47. The summed E-state index contributed by atoms with van der Waals surface area (Å²) in [4.78, 5) is 35.9. The summed E-state index contributed by atoms with van der Waals surface area (Å²) in [7, 11) is 0. The Morgan fingerprint density at radius 1 is 1.15 bits per heavy atom. The number of carbonyl (C=O) groups is 2. The number of likely N-dealkylation sites (tertiary alicyclic amines) is 1. The Morgan fingerprint density at radius 2 is 1.94 bits per heavy atom. The van der Waals surface area contributed by atoms with Gasteiger partial charge in [-0.3, -0.25) is 14.6 Å². The second kappa shape index (κ2) is 9.94. The van der Waals surface area contributed by atoms with Gasteiger partial charge in [-0.1, -0.05) is 50.2 Å². The molecular formula is C25H27FN4O3. The summed E-state index contributed by atoms with van der Waals surface area (Å²) in [6, 6.07) is 11.9. The summed E-state index contributed by atoms with van der Waals surface area (Å²) in [5.74, 6) is -0.245. The van der Waals surface area contributed by atoms with Crippen molar-refractivity contribution in [2.75, 3.05) is 6.54 Å². The zero-order chi connectivity index (χ0) is 23.4. The number of carbonyl (C=O) groups excluding carboxylic acids is 2. The number of hydrogen-bond donors (Lipinski definition) is 1. The van der Waals surface area contributed by atoms with Crippen LogP contribution in [0.3, 0.4) is 0 Å². The summed E-state index contributed by atoms with van der Waals surface area (Å²) in [5.41, 5.74) is 2.62. The Labute approximate surface area is 192 Å². The molecule has 1 fully saturated rings. The van der Waals surface area contributed by atoms with Crippen LogP contribution in [0, 0.1) is 0 Å². The molecule has 0 radical (unpaired) electrons. The van der Waals surface area contributed by atoms with Crippen molar-refractivity contribution in [3.8, 4) is 0 Å². The molecule has 1 N–H and O–H groups in total. The first-order valence-electron chi connectivity index (χ1n) is 11.1. The predicted molar refractivity (Wildman–Crippen MR) is 120 cm³/mol. The molecule has 3 heterocycles. The maximum absolute atomic E-state index is 14.3. The molecular weight excluding hydrogens is 423 g/mol. The van der Waals surface area contributed by atoms with Crippen LogP contribution in [0.15, 0.2) is 65.5 Å². The van der Waals surface area contributed by atoms with E-state index in [9.17, 15) is 14.0 Å². The molecule has 0 spiro atoms. The molecule has 7 nitrogen and oxygen atoms in total. The largest absolute Gasteiger partial charge is 0.448 e. The van der Waals surface area contributed by atoms with Gasteiger partial charge in [-0.15, -0.1) is 0 Å². The van der Waals surface area contributed by atoms with Crippen molar-refractivity contribution < 1.29 is 18.4 Å². The average molecular weight is 451 g/mol. The van der Waals surface area contributed by atoms with Crippen LogP contribution in [-0.2, 0) is 16.0 Å². The Hall–Kier alpha value is -3.55. The van der Waals surface area contributed by atoms with Gasteiger partial charge in [-0.2, -0.15) is 0 Å². The van der Waals surface area contributed by atoms with Crippen molar-refractivity contribution in [3.05, 3.63) is 83.8 Å². The molecule has 1 aliphatic rings. The smallest absolute Gasteiger partial charge is 0.243 e. The van der Waals surface area contributed by atoms with E-state index in [1.807, 2.05) is 42.5 Å². The molecule has 8 heteroatoms. The standard InChI is InChI=1S/C25H27FN4O3/c1-16(2)18-8-9-20(28-14-18)24(17-6-4-3-5-7-17)29-25(32)21-12-19(26)15-30(21)23(31)13-22-27-10-11-33-22/h3-11,14,16,19,21,24H,12-13,15H2,1-2H3,(H,29,32)/t19-,21+,24+/m1/s1. The van der Waals surface area contributed by atoms with Gasteiger partial charge < -0.3 is 14.6 Å². The molecule has 4 rings (SSSR count). The average Bonchev–Trinajstić information content (AvgIpc) is 3.47. The van der Waals surface area contributed by atoms with Gasteiger partial charge in [0.2, 0.25) is 17.7 Å². The third-order valence-corrected chi connectivity index (χ3v) is 5.85. The highest BCUT2D eigenvalue weighted by Crippen LogP contribution is 2.26. The number of nitrogens with zero attached hydrogens (tertiary/aromatic N) is 3. The minimum absolute atomic E-state index is 0.0512. The second-order valence-corrected chi connectivity index (χ2v) is 8.52. The molecule has 0 saturated carbocycles. The number of amides is 2. The maximum Gasteiger partial charge on any atom is 0.243 e. The fourth-order valence-electron chi connectivity index (χ4n) is 4.02. The zero-order valence-electron chi connectivity index (χ0n) is 18.6. The van der Waals surface area contributed by atoms with Crippen molar-refractivity contribution in [2.45, 2.75) is 50.9 Å². The van der Waals surface area contributed by atoms with Crippen LogP contribution >= 0.6 is 0 Å². The molecule has 3 aromatic rings. The van der Waals surface area contributed by atoms with Gasteiger partial charge >= 0.3 is 0 Å². The summed E-state index contributed by atoms with van der Waals surface area (Å²) >= 11 is 0. The highest BCUT2D eigenvalue weighted by molar-refractivity contribution is 5.89. The van der Waals surface area contributed by atoms with Gasteiger partial charge in [0.15, 0.2) is 0 Å². The van der Waals surface area contributed by atoms with Gasteiger partial charge in [0.25, 0.3) is 0 Å². The lowest BCUT2D eigenvalue weighted by Gasteiger charge is -2.26. The summed E-state index contributed by atoms with van der Waals surface area (Å²) in [6.45, 7) is 4.05. The molecule has 172 valence electrons. The molecule has 33 heavy (non-hydrogen) atoms. The lowest BCUT2D eigenvalue weighted by atomic mass is 10.00. The number of rotatable bonds is 7. The fraction of sp³-hybridized carbons (Fsp3) is 0.360. The van der Waals surface area contributed by atoms with Crippen LogP contribution in [0.1, 0.15) is 54.9 Å². The van der Waals surface area contributed by atoms with E-state index in [2.05, 4.69) is 29.1 Å². The summed E-state index contributed by atoms with van der Waals surface area (Å²) < 4.78 is 19.4. The minimum Gasteiger partial charge on any atom is -0.448 e. The number of hydrogen-bond acceptors (Lipinski definition) is 5. The van der Waals surface area contributed by atoms with E-state index in [1.165, 1.54) is 17.4 Å². The van der Waals surface area contributed by atoms with Gasteiger partial charge in [0.05, 0.1) is 24.5 Å². The highest BCUT2D eigenvalue weighted by atomic mass is 19.1. The highest BCUT2D eigenvalue weighted by Gasteiger charge is 2.40. The molecule has 1 saturated heterocycles. The van der Waals surface area contributed by atoms with Crippen LogP contribution in [-0.4, -0.2) is 45.4 Å². The lowest BCUT2D eigenvalue weighted by molar-refractivity contribution is -0.138. The molecule has 1 aromatic carbocycles. The van der Waals surface area contributed by atoms with E-state index in [0.717, 1.165) is 11.1 Å². The van der Waals surface area contributed by atoms with E-state index in [-0.39, 0.29) is 25.3 Å². The van der Waals surface area contributed by atoms with E-state index in [1.54, 1.807) is 6.20 Å². The number of nitrogens with one attached hydrogen (secondary N) is 1. The third kappa shape index (κ3) is 5.27. The van der Waals surface area contributed by atoms with Crippen molar-refractivity contribution in [1.82, 2.24) is 20.2 Å². The monoisotopic (exact) mass is 450 g/mol. The summed E-state index contributed by atoms with van der Waals surface area (Å²) in [6.07, 6.45) is 3.18. The van der Waals surface area contributed by atoms with Gasteiger partial charge in [-0.25, -0.2) is 9.37 Å². The second-order valence-electron chi connectivity index (χ2n) is 8.52. The van der Waals surface area contributed by atoms with E-state index >= 15 is 0 Å². The normalized spacial score (nSPS) is 19.0. The first-order valence-corrected chi connectivity index (χ1v) is 11.1. The number of pyridine rings is 1.